The number of esters is 1. The maximum absolute atomic E-state index is 12.9. The van der Waals surface area contributed by atoms with Crippen molar-refractivity contribution >= 4 is 29.3 Å². The molecule has 0 spiro atoms. The first-order chi connectivity index (χ1) is 17.2. The van der Waals surface area contributed by atoms with Crippen molar-refractivity contribution in [2.45, 2.75) is 39.3 Å². The molecule has 0 fully saturated rings. The van der Waals surface area contributed by atoms with Crippen LogP contribution in [-0.4, -0.2) is 40.1 Å². The topological polar surface area (TPSA) is 125 Å². The molecule has 188 valence electrons. The molecule has 0 saturated heterocycles. The average Bonchev–Trinajstić information content (AvgIpc) is 3.09. The van der Waals surface area contributed by atoms with Gasteiger partial charge >= 0.3 is 5.97 Å². The zero-order valence-corrected chi connectivity index (χ0v) is 20.8. The number of aromatic nitrogens is 2. The number of ether oxygens (including phenoxy) is 1. The molecule has 1 aliphatic heterocycles. The van der Waals surface area contributed by atoms with E-state index < -0.39 is 11.6 Å². The molecular weight excluding hydrogens is 458 g/mol. The van der Waals surface area contributed by atoms with Gasteiger partial charge in [0, 0.05) is 24.0 Å². The fraction of sp³-hybridized carbons (Fsp3) is 0.333. The summed E-state index contributed by atoms with van der Waals surface area (Å²) in [6.07, 6.45) is 1.46. The highest BCUT2D eigenvalue weighted by Crippen LogP contribution is 2.37. The van der Waals surface area contributed by atoms with Crippen molar-refractivity contribution < 1.29 is 19.4 Å². The molecule has 1 atom stereocenters. The Morgan fingerprint density at radius 2 is 1.89 bits per heavy atom. The van der Waals surface area contributed by atoms with Crippen molar-refractivity contribution in [3.8, 4) is 0 Å². The first-order valence-corrected chi connectivity index (χ1v) is 11.9. The number of anilines is 3. The maximum Gasteiger partial charge on any atom is 0.339 e. The first kappa shape index (κ1) is 25.1. The van der Waals surface area contributed by atoms with Gasteiger partial charge in [0.15, 0.2) is 0 Å². The second-order valence-electron chi connectivity index (χ2n) is 9.64. The normalized spacial score (nSPS) is 14.7. The highest BCUT2D eigenvalue weighted by Gasteiger charge is 2.37. The van der Waals surface area contributed by atoms with E-state index in [0.29, 0.717) is 17.8 Å². The Bertz CT molecular complexity index is 1260. The van der Waals surface area contributed by atoms with Crippen LogP contribution in [-0.2, 0) is 10.3 Å². The number of hydrogen-bond donors (Lipinski definition) is 4. The van der Waals surface area contributed by atoms with Crippen LogP contribution in [0.2, 0.25) is 0 Å². The molecule has 0 radical (unpaired) electrons. The van der Waals surface area contributed by atoms with E-state index in [-0.39, 0.29) is 41.7 Å². The molecule has 0 bridgehead atoms. The minimum atomic E-state index is -0.736. The lowest BCUT2D eigenvalue weighted by Crippen LogP contribution is -2.29. The van der Waals surface area contributed by atoms with E-state index in [0.717, 1.165) is 11.1 Å². The zero-order valence-electron chi connectivity index (χ0n) is 20.8. The summed E-state index contributed by atoms with van der Waals surface area (Å²) in [6.45, 7) is 8.00. The van der Waals surface area contributed by atoms with Crippen LogP contribution in [0.5, 0.6) is 0 Å². The molecule has 9 nitrogen and oxygen atoms in total. The molecule has 1 unspecified atom stereocenters. The Balaban J connectivity index is 1.65. The summed E-state index contributed by atoms with van der Waals surface area (Å²) < 4.78 is 5.45. The van der Waals surface area contributed by atoms with Crippen molar-refractivity contribution in [2.24, 2.45) is 5.92 Å². The van der Waals surface area contributed by atoms with Gasteiger partial charge in [-0.05, 0) is 43.5 Å². The molecule has 0 aliphatic carbocycles. The van der Waals surface area contributed by atoms with E-state index in [2.05, 4.69) is 25.9 Å². The second-order valence-corrected chi connectivity index (χ2v) is 9.64. The SMILES string of the molecule is CC(C)CNC(=O)c1cnc(Nc2ccc3c(c2)C(C)(C)OC3=O)nc1NC(CO)c1ccccc1. The minimum absolute atomic E-state index is 0.197. The number of cyclic esters (lactones) is 1. The molecule has 1 amide bonds. The molecule has 1 aliphatic rings. The Morgan fingerprint density at radius 3 is 2.58 bits per heavy atom. The lowest BCUT2D eigenvalue weighted by atomic mass is 9.95. The number of amides is 1. The van der Waals surface area contributed by atoms with Crippen molar-refractivity contribution in [1.82, 2.24) is 15.3 Å². The number of aliphatic hydroxyl groups is 1. The Morgan fingerprint density at radius 1 is 1.14 bits per heavy atom. The van der Waals surface area contributed by atoms with Crippen LogP contribution in [0, 0.1) is 5.92 Å². The number of carbonyl (C=O) groups excluding carboxylic acids is 2. The lowest BCUT2D eigenvalue weighted by molar-refractivity contribution is 0.00953. The molecule has 36 heavy (non-hydrogen) atoms. The van der Waals surface area contributed by atoms with E-state index in [4.69, 9.17) is 4.74 Å². The predicted molar refractivity (Wildman–Crippen MR) is 137 cm³/mol. The number of nitrogens with one attached hydrogen (secondary N) is 3. The third kappa shape index (κ3) is 5.46. The summed E-state index contributed by atoms with van der Waals surface area (Å²) in [6, 6.07) is 14.3. The first-order valence-electron chi connectivity index (χ1n) is 11.9. The van der Waals surface area contributed by atoms with Crippen LogP contribution in [0.1, 0.15) is 65.6 Å². The Hall–Kier alpha value is -3.98. The lowest BCUT2D eigenvalue weighted by Gasteiger charge is -2.20. The monoisotopic (exact) mass is 489 g/mol. The van der Waals surface area contributed by atoms with Gasteiger partial charge < -0.3 is 25.8 Å². The maximum atomic E-state index is 12.9. The number of aliphatic hydroxyl groups excluding tert-OH is 1. The van der Waals surface area contributed by atoms with Gasteiger partial charge in [-0.25, -0.2) is 9.78 Å². The number of carbonyl (C=O) groups is 2. The molecule has 2 aromatic carbocycles. The third-order valence-electron chi connectivity index (χ3n) is 5.89. The van der Waals surface area contributed by atoms with E-state index in [9.17, 15) is 14.7 Å². The number of rotatable bonds is 9. The average molecular weight is 490 g/mol. The van der Waals surface area contributed by atoms with Crippen molar-refractivity contribution in [3.05, 3.63) is 77.0 Å². The molecule has 4 N–H and O–H groups in total. The Labute approximate surface area is 210 Å². The van der Waals surface area contributed by atoms with Gasteiger partial charge in [0.25, 0.3) is 5.91 Å². The molecule has 3 aromatic rings. The van der Waals surface area contributed by atoms with Crippen LogP contribution in [0.3, 0.4) is 0 Å². The number of benzene rings is 2. The van der Waals surface area contributed by atoms with E-state index in [1.165, 1.54) is 6.20 Å². The highest BCUT2D eigenvalue weighted by molar-refractivity contribution is 5.99. The molecular formula is C27H31N5O4. The van der Waals surface area contributed by atoms with Gasteiger partial charge in [0.05, 0.1) is 18.2 Å². The highest BCUT2D eigenvalue weighted by atomic mass is 16.6. The summed E-state index contributed by atoms with van der Waals surface area (Å²) in [4.78, 5) is 33.9. The summed E-state index contributed by atoms with van der Waals surface area (Å²) in [5.74, 6) is 0.165. The summed E-state index contributed by atoms with van der Waals surface area (Å²) in [7, 11) is 0. The fourth-order valence-corrected chi connectivity index (χ4v) is 3.96. The zero-order chi connectivity index (χ0) is 25.9. The standard InChI is InChI=1S/C27H31N5O4/c1-16(2)13-28-24(34)20-14-29-26(32-23(20)31-22(15-33)17-8-6-5-7-9-17)30-18-10-11-19-21(12-18)27(3,4)36-25(19)35/h5-12,14,16,22,33H,13,15H2,1-4H3,(H,28,34)(H2,29,30,31,32). The van der Waals surface area contributed by atoms with Crippen molar-refractivity contribution in [1.29, 1.82) is 0 Å². The molecule has 2 heterocycles. The summed E-state index contributed by atoms with van der Waals surface area (Å²) >= 11 is 0. The summed E-state index contributed by atoms with van der Waals surface area (Å²) in [5.41, 5.74) is 2.35. The number of fused-ring (bicyclic) bond motifs is 1. The van der Waals surface area contributed by atoms with Crippen LogP contribution in [0.4, 0.5) is 17.5 Å². The quantitative estimate of drug-likeness (QED) is 0.330. The van der Waals surface area contributed by atoms with E-state index in [1.54, 1.807) is 12.1 Å². The van der Waals surface area contributed by atoms with Crippen molar-refractivity contribution in [2.75, 3.05) is 23.8 Å². The van der Waals surface area contributed by atoms with Gasteiger partial charge in [-0.15, -0.1) is 0 Å². The van der Waals surface area contributed by atoms with Gasteiger partial charge in [0.2, 0.25) is 5.95 Å². The summed E-state index contributed by atoms with van der Waals surface area (Å²) in [5, 5.41) is 19.3. The van der Waals surface area contributed by atoms with Crippen LogP contribution < -0.4 is 16.0 Å². The number of hydrogen-bond acceptors (Lipinski definition) is 8. The minimum Gasteiger partial charge on any atom is -0.451 e. The fourth-order valence-electron chi connectivity index (χ4n) is 3.96. The van der Waals surface area contributed by atoms with E-state index >= 15 is 0 Å². The van der Waals surface area contributed by atoms with Gasteiger partial charge in [-0.1, -0.05) is 44.2 Å². The smallest absolute Gasteiger partial charge is 0.339 e. The molecule has 4 rings (SSSR count). The van der Waals surface area contributed by atoms with Gasteiger partial charge in [0.1, 0.15) is 17.0 Å². The van der Waals surface area contributed by atoms with Crippen LogP contribution >= 0.6 is 0 Å². The van der Waals surface area contributed by atoms with Crippen LogP contribution in [0.15, 0.2) is 54.7 Å². The third-order valence-corrected chi connectivity index (χ3v) is 5.89. The largest absolute Gasteiger partial charge is 0.451 e. The molecule has 1 aromatic heterocycles. The van der Waals surface area contributed by atoms with E-state index in [1.807, 2.05) is 64.1 Å². The predicted octanol–water partition coefficient (Wildman–Crippen LogP) is 4.16. The van der Waals surface area contributed by atoms with Gasteiger partial charge in [-0.2, -0.15) is 4.98 Å². The van der Waals surface area contributed by atoms with Crippen molar-refractivity contribution in [3.63, 3.8) is 0 Å². The number of nitrogens with zero attached hydrogens (tertiary/aromatic N) is 2. The van der Waals surface area contributed by atoms with Gasteiger partial charge in [-0.3, -0.25) is 4.79 Å². The molecule has 9 heteroatoms. The molecule has 0 saturated carbocycles. The second kappa shape index (κ2) is 10.3. The Kier molecular flexibility index (Phi) is 7.21. The van der Waals surface area contributed by atoms with Crippen LogP contribution in [0.25, 0.3) is 0 Å².